The molecular weight excluding hydrogens is 1060 g/mol. The molecule has 0 aliphatic rings. The summed E-state index contributed by atoms with van der Waals surface area (Å²) in [5, 5.41) is -1.27. The summed E-state index contributed by atoms with van der Waals surface area (Å²) in [5.74, 6) is 1.78. The maximum Gasteiger partial charge on any atom is 0.329 e. The molecule has 4 atom stereocenters. The van der Waals surface area contributed by atoms with Crippen molar-refractivity contribution in [2.75, 3.05) is 0 Å². The first-order valence-electron chi connectivity index (χ1n) is 32.3. The minimum Gasteiger partial charge on any atom is -0.425 e. The smallest absolute Gasteiger partial charge is 0.329 e. The van der Waals surface area contributed by atoms with Crippen LogP contribution in [-0.4, -0.2) is 32.7 Å². The molecule has 0 aliphatic heterocycles. The Morgan fingerprint density at radius 2 is 0.651 bits per heavy atom. The predicted octanol–water partition coefficient (Wildman–Crippen LogP) is 22.5. The van der Waals surface area contributed by atoms with Crippen LogP contribution in [0.5, 0.6) is 11.5 Å². The summed E-state index contributed by atoms with van der Waals surface area (Å²) in [5.41, 5.74) is 11.2. The molecule has 4 unspecified atom stereocenters. The standard InChI is InChI=1S/C38H52ClNO2.C37H50ClNO2/c1-5-6-7-8-9-10-11-12-13-17-31-18-27-36(40-28-31)34-21-19-32(20-22-34)33-23-25-35(26-24-33)42-38(41)37(39)30(4)16-14-15-29(2)3;1-5-6-7-8-9-10-11-12-16-30-17-26-35(39-27-30)33-20-18-31(19-21-33)32-22-24-34(25-23-32)41-37(40)36(38)29(4)15-13-14-28(2)3/h18-30,37H,5-17H2,1-4H3;17-29,36H,5-16H2,1-4H3. The average Bonchev–Trinajstić information content (AvgIpc) is 3.67. The van der Waals surface area contributed by atoms with Gasteiger partial charge in [0.1, 0.15) is 22.3 Å². The van der Waals surface area contributed by atoms with E-state index in [0.29, 0.717) is 23.3 Å². The highest BCUT2D eigenvalue weighted by Gasteiger charge is 2.26. The number of benzene rings is 4. The topological polar surface area (TPSA) is 78.4 Å². The van der Waals surface area contributed by atoms with Crippen molar-refractivity contribution in [1.29, 1.82) is 0 Å². The number of esters is 2. The van der Waals surface area contributed by atoms with Gasteiger partial charge in [0.2, 0.25) is 0 Å². The van der Waals surface area contributed by atoms with Gasteiger partial charge in [0, 0.05) is 23.5 Å². The van der Waals surface area contributed by atoms with E-state index < -0.39 is 10.8 Å². The van der Waals surface area contributed by atoms with Crippen molar-refractivity contribution in [3.63, 3.8) is 0 Å². The lowest BCUT2D eigenvalue weighted by atomic mass is 9.97. The van der Waals surface area contributed by atoms with Crippen LogP contribution in [-0.2, 0) is 22.4 Å². The van der Waals surface area contributed by atoms with Crippen LogP contribution in [0.3, 0.4) is 0 Å². The summed E-state index contributed by atoms with van der Waals surface area (Å²) in [6.45, 7) is 17.4. The van der Waals surface area contributed by atoms with Gasteiger partial charge in [-0.1, -0.05) is 262 Å². The van der Waals surface area contributed by atoms with E-state index in [-0.39, 0.29) is 23.8 Å². The van der Waals surface area contributed by atoms with Gasteiger partial charge in [0.15, 0.2) is 0 Å². The van der Waals surface area contributed by atoms with E-state index >= 15 is 0 Å². The van der Waals surface area contributed by atoms with Crippen molar-refractivity contribution in [3.05, 3.63) is 145 Å². The molecule has 4 aromatic carbocycles. The highest BCUT2D eigenvalue weighted by molar-refractivity contribution is 6.30. The molecule has 0 fully saturated rings. The van der Waals surface area contributed by atoms with Crippen LogP contribution in [0.2, 0.25) is 0 Å². The van der Waals surface area contributed by atoms with E-state index in [1.165, 1.54) is 120 Å². The average molecular weight is 1170 g/mol. The molecule has 6 nitrogen and oxygen atoms in total. The zero-order valence-electron chi connectivity index (χ0n) is 52.1. The number of aryl methyl sites for hydroxylation is 2. The maximum absolute atomic E-state index is 12.6. The molecule has 0 amide bonds. The minimum atomic E-state index is -0.637. The van der Waals surface area contributed by atoms with Gasteiger partial charge in [-0.3, -0.25) is 19.6 Å². The number of halogens is 2. The van der Waals surface area contributed by atoms with Gasteiger partial charge in [-0.2, -0.15) is 0 Å². The van der Waals surface area contributed by atoms with Crippen molar-refractivity contribution in [2.45, 2.75) is 227 Å². The zero-order chi connectivity index (χ0) is 59.6. The Kier molecular flexibility index (Phi) is 32.5. The van der Waals surface area contributed by atoms with Crippen molar-refractivity contribution in [3.8, 4) is 56.3 Å². The van der Waals surface area contributed by atoms with Crippen LogP contribution < -0.4 is 9.47 Å². The van der Waals surface area contributed by atoms with E-state index in [9.17, 15) is 9.59 Å². The highest BCUT2D eigenvalue weighted by atomic mass is 35.5. The van der Waals surface area contributed by atoms with Crippen LogP contribution in [0.1, 0.15) is 214 Å². The fourth-order valence-electron chi connectivity index (χ4n) is 10.5. The van der Waals surface area contributed by atoms with Crippen LogP contribution in [0.25, 0.3) is 44.8 Å². The van der Waals surface area contributed by atoms with Gasteiger partial charge in [0.05, 0.1) is 11.4 Å². The second kappa shape index (κ2) is 39.3. The van der Waals surface area contributed by atoms with Gasteiger partial charge >= 0.3 is 11.9 Å². The largest absolute Gasteiger partial charge is 0.425 e. The fourth-order valence-corrected chi connectivity index (χ4v) is 10.8. The molecule has 6 rings (SSSR count). The van der Waals surface area contributed by atoms with Gasteiger partial charge in [-0.05, 0) is 132 Å². The number of aromatic nitrogens is 2. The molecule has 0 radical (unpaired) electrons. The number of hydrogen-bond donors (Lipinski definition) is 0. The summed E-state index contributed by atoms with van der Waals surface area (Å²) in [4.78, 5) is 34.6. The number of rotatable bonds is 37. The number of ether oxygens (including phenoxy) is 2. The van der Waals surface area contributed by atoms with Crippen molar-refractivity contribution >= 4 is 35.1 Å². The van der Waals surface area contributed by atoms with Crippen molar-refractivity contribution in [2.24, 2.45) is 23.7 Å². The molecular formula is C75H102Cl2N2O4. The third kappa shape index (κ3) is 26.2. The number of nitrogens with zero attached hydrogens (tertiary/aromatic N) is 2. The summed E-state index contributed by atoms with van der Waals surface area (Å²) >= 11 is 12.8. The first-order valence-corrected chi connectivity index (χ1v) is 33.1. The number of carbonyl (C=O) groups is 2. The SMILES string of the molecule is CCCCCCCCCCCc1ccc(-c2ccc(-c3ccc(OC(=O)C(Cl)C(C)CCCC(C)C)cc3)cc2)nc1.CCCCCCCCCCc1ccc(-c2ccc(-c3ccc(OC(=O)C(Cl)C(C)CCCC(C)C)cc3)cc2)nc1. The van der Waals surface area contributed by atoms with Crippen molar-refractivity contribution < 1.29 is 19.1 Å². The second-order valence-corrected chi connectivity index (χ2v) is 25.3. The Bertz CT molecular complexity index is 2670. The Morgan fingerprint density at radius 3 is 0.940 bits per heavy atom. The van der Waals surface area contributed by atoms with Crippen LogP contribution in [0.4, 0.5) is 0 Å². The molecule has 83 heavy (non-hydrogen) atoms. The highest BCUT2D eigenvalue weighted by Crippen LogP contribution is 2.30. The maximum atomic E-state index is 12.6. The van der Waals surface area contributed by atoms with E-state index in [1.807, 2.05) is 74.8 Å². The minimum absolute atomic E-state index is 0.0844. The first kappa shape index (κ1) is 68.5. The molecule has 0 aliphatic carbocycles. The molecule has 0 N–H and O–H groups in total. The molecule has 0 bridgehead atoms. The second-order valence-electron chi connectivity index (χ2n) is 24.4. The predicted molar refractivity (Wildman–Crippen MR) is 354 cm³/mol. The summed E-state index contributed by atoms with van der Waals surface area (Å²) in [6, 6.07) is 40.9. The first-order chi connectivity index (χ1) is 40.2. The molecule has 0 saturated heterocycles. The van der Waals surface area contributed by atoms with Gasteiger partial charge in [-0.15, -0.1) is 23.2 Å². The van der Waals surface area contributed by atoms with Crippen LogP contribution in [0.15, 0.2) is 134 Å². The number of alkyl halides is 2. The molecule has 0 saturated carbocycles. The van der Waals surface area contributed by atoms with E-state index in [4.69, 9.17) is 42.6 Å². The molecule has 6 aromatic rings. The van der Waals surface area contributed by atoms with Gasteiger partial charge in [-0.25, -0.2) is 0 Å². The lowest BCUT2D eigenvalue weighted by Gasteiger charge is -2.17. The fraction of sp³-hybridized carbons (Fsp3) is 0.520. The van der Waals surface area contributed by atoms with Crippen LogP contribution >= 0.6 is 23.2 Å². The van der Waals surface area contributed by atoms with Crippen molar-refractivity contribution in [1.82, 2.24) is 9.97 Å². The van der Waals surface area contributed by atoms with Gasteiger partial charge < -0.3 is 9.47 Å². The number of unbranched alkanes of at least 4 members (excludes halogenated alkanes) is 15. The summed E-state index contributed by atoms with van der Waals surface area (Å²) in [6.07, 6.45) is 35.5. The van der Waals surface area contributed by atoms with Crippen LogP contribution in [0, 0.1) is 23.7 Å². The number of carbonyl (C=O) groups excluding carboxylic acids is 2. The van der Waals surface area contributed by atoms with E-state index in [0.717, 1.165) is 96.1 Å². The third-order valence-corrected chi connectivity index (χ3v) is 17.3. The molecule has 0 spiro atoms. The van der Waals surface area contributed by atoms with Gasteiger partial charge in [0.25, 0.3) is 0 Å². The Hall–Kier alpha value is -5.30. The number of pyridine rings is 2. The normalized spacial score (nSPS) is 12.8. The van der Waals surface area contributed by atoms with E-state index in [1.54, 1.807) is 0 Å². The third-order valence-electron chi connectivity index (χ3n) is 16.0. The van der Waals surface area contributed by atoms with E-state index in [2.05, 4.69) is 114 Å². The summed E-state index contributed by atoms with van der Waals surface area (Å²) in [7, 11) is 0. The molecule has 2 aromatic heterocycles. The Labute approximate surface area is 512 Å². The Balaban J connectivity index is 0.000000304. The molecule has 2 heterocycles. The Morgan fingerprint density at radius 1 is 0.361 bits per heavy atom. The molecule has 8 heteroatoms. The number of hydrogen-bond acceptors (Lipinski definition) is 6. The lowest BCUT2D eigenvalue weighted by molar-refractivity contribution is -0.135. The summed E-state index contributed by atoms with van der Waals surface area (Å²) < 4.78 is 11.2. The zero-order valence-corrected chi connectivity index (χ0v) is 53.6. The molecule has 450 valence electrons. The quantitative estimate of drug-likeness (QED) is 0.0167. The lowest BCUT2D eigenvalue weighted by Crippen LogP contribution is -2.27. The monoisotopic (exact) mass is 1160 g/mol.